The molecule has 1 aromatic carbocycles. The maximum atomic E-state index is 12.7. The van der Waals surface area contributed by atoms with E-state index in [9.17, 15) is 9.59 Å². The summed E-state index contributed by atoms with van der Waals surface area (Å²) in [6.07, 6.45) is 4.17. The van der Waals surface area contributed by atoms with Crippen LogP contribution in [0.5, 0.6) is 0 Å². The zero-order valence-electron chi connectivity index (χ0n) is 15.2. The molecule has 3 saturated heterocycles. The van der Waals surface area contributed by atoms with E-state index in [2.05, 4.69) is 27.9 Å². The molecule has 2 amide bonds. The highest BCUT2D eigenvalue weighted by molar-refractivity contribution is 5.82. The van der Waals surface area contributed by atoms with E-state index < -0.39 is 0 Å². The van der Waals surface area contributed by atoms with Crippen LogP contribution in [0.3, 0.4) is 0 Å². The monoisotopic (exact) mass is 356 g/mol. The second kappa shape index (κ2) is 7.76. The third kappa shape index (κ3) is 3.62. The molecule has 26 heavy (non-hydrogen) atoms. The number of nitrogens with one attached hydrogen (secondary N) is 2. The van der Waals surface area contributed by atoms with Crippen molar-refractivity contribution < 1.29 is 9.59 Å². The molecule has 6 nitrogen and oxygen atoms in total. The van der Waals surface area contributed by atoms with Crippen LogP contribution >= 0.6 is 0 Å². The van der Waals surface area contributed by atoms with E-state index in [4.69, 9.17) is 0 Å². The Bertz CT molecular complexity index is 644. The van der Waals surface area contributed by atoms with Crippen LogP contribution in [-0.4, -0.2) is 59.9 Å². The molecule has 1 aromatic rings. The van der Waals surface area contributed by atoms with Crippen LogP contribution in [0.2, 0.25) is 0 Å². The van der Waals surface area contributed by atoms with E-state index in [1.807, 2.05) is 23.1 Å². The van der Waals surface area contributed by atoms with Crippen LogP contribution in [0.1, 0.15) is 31.2 Å². The van der Waals surface area contributed by atoms with Gasteiger partial charge in [0.15, 0.2) is 0 Å². The van der Waals surface area contributed by atoms with Gasteiger partial charge >= 0.3 is 0 Å². The third-order valence-electron chi connectivity index (χ3n) is 6.07. The predicted molar refractivity (Wildman–Crippen MR) is 99.1 cm³/mol. The van der Waals surface area contributed by atoms with Gasteiger partial charge in [-0.2, -0.15) is 0 Å². The molecule has 1 unspecified atom stereocenters. The quantitative estimate of drug-likeness (QED) is 0.843. The average Bonchev–Trinajstić information content (AvgIpc) is 3.22. The van der Waals surface area contributed by atoms with Gasteiger partial charge in [-0.1, -0.05) is 30.3 Å². The molecule has 4 rings (SSSR count). The van der Waals surface area contributed by atoms with Crippen molar-refractivity contribution >= 4 is 11.8 Å². The lowest BCUT2D eigenvalue weighted by Gasteiger charge is -2.47. The lowest BCUT2D eigenvalue weighted by molar-refractivity contribution is -0.144. The van der Waals surface area contributed by atoms with Crippen LogP contribution in [0.25, 0.3) is 0 Å². The number of hydrogen-bond acceptors (Lipinski definition) is 4. The number of amides is 2. The van der Waals surface area contributed by atoms with Crippen LogP contribution in [0.15, 0.2) is 30.3 Å². The minimum atomic E-state index is -0.0917. The van der Waals surface area contributed by atoms with Gasteiger partial charge in [0.05, 0.1) is 0 Å². The molecular formula is C20H28N4O2. The lowest BCUT2D eigenvalue weighted by atomic mass is 9.83. The van der Waals surface area contributed by atoms with Crippen molar-refractivity contribution in [1.82, 2.24) is 20.7 Å². The molecule has 3 fully saturated rings. The summed E-state index contributed by atoms with van der Waals surface area (Å²) in [4.78, 5) is 29.3. The Morgan fingerprint density at radius 2 is 2.00 bits per heavy atom. The van der Waals surface area contributed by atoms with Crippen molar-refractivity contribution in [3.8, 4) is 0 Å². The van der Waals surface area contributed by atoms with Crippen LogP contribution in [-0.2, 0) is 16.0 Å². The SMILES string of the molecule is O=C(C1CCNN1)N1CC[C@@H]2[C@@H](CCC(=O)N2CCc2ccccc2)C1. The van der Waals surface area contributed by atoms with Crippen molar-refractivity contribution in [1.29, 1.82) is 0 Å². The van der Waals surface area contributed by atoms with Gasteiger partial charge in [0, 0.05) is 38.6 Å². The molecule has 0 saturated carbocycles. The molecule has 0 aromatic heterocycles. The smallest absolute Gasteiger partial charge is 0.241 e. The normalized spacial score (nSPS) is 28.9. The Hall–Kier alpha value is -1.92. The number of rotatable bonds is 4. The number of piperidine rings is 2. The number of carbonyl (C=O) groups excluding carboxylic acids is 2. The van der Waals surface area contributed by atoms with Crippen molar-refractivity contribution in [3.63, 3.8) is 0 Å². The molecular weight excluding hydrogens is 328 g/mol. The molecule has 6 heteroatoms. The molecule has 3 aliphatic heterocycles. The summed E-state index contributed by atoms with van der Waals surface area (Å²) in [5, 5.41) is 0. The van der Waals surface area contributed by atoms with Crippen molar-refractivity contribution in [2.24, 2.45) is 5.92 Å². The van der Waals surface area contributed by atoms with E-state index in [0.717, 1.165) is 51.9 Å². The van der Waals surface area contributed by atoms with Crippen molar-refractivity contribution in [2.45, 2.75) is 44.2 Å². The Kier molecular flexibility index (Phi) is 5.22. The summed E-state index contributed by atoms with van der Waals surface area (Å²) in [5.74, 6) is 0.903. The first kappa shape index (κ1) is 17.5. The van der Waals surface area contributed by atoms with Gasteiger partial charge in [0.1, 0.15) is 6.04 Å². The second-order valence-corrected chi connectivity index (χ2v) is 7.67. The van der Waals surface area contributed by atoms with E-state index in [1.54, 1.807) is 0 Å². The Balaban J connectivity index is 1.38. The van der Waals surface area contributed by atoms with Crippen LogP contribution in [0, 0.1) is 5.92 Å². The first-order valence-corrected chi connectivity index (χ1v) is 9.83. The van der Waals surface area contributed by atoms with Gasteiger partial charge in [0.2, 0.25) is 11.8 Å². The highest BCUT2D eigenvalue weighted by atomic mass is 16.2. The number of nitrogens with zero attached hydrogens (tertiary/aromatic N) is 2. The maximum Gasteiger partial charge on any atom is 0.241 e. The van der Waals surface area contributed by atoms with Gasteiger partial charge in [-0.15, -0.1) is 0 Å². The topological polar surface area (TPSA) is 64.7 Å². The van der Waals surface area contributed by atoms with E-state index in [0.29, 0.717) is 18.4 Å². The summed E-state index contributed by atoms with van der Waals surface area (Å²) in [6, 6.07) is 10.6. The van der Waals surface area contributed by atoms with Gasteiger partial charge < -0.3 is 9.80 Å². The first-order chi connectivity index (χ1) is 12.7. The Morgan fingerprint density at radius 1 is 1.15 bits per heavy atom. The summed E-state index contributed by atoms with van der Waals surface area (Å²) < 4.78 is 0. The maximum absolute atomic E-state index is 12.7. The summed E-state index contributed by atoms with van der Waals surface area (Å²) in [7, 11) is 0. The fraction of sp³-hybridized carbons (Fsp3) is 0.600. The minimum absolute atomic E-state index is 0.0917. The standard InChI is InChI=1S/C20H28N4O2/c25-19-7-6-16-14-23(20(26)17-8-11-21-22-17)12-10-18(16)24(19)13-9-15-4-2-1-3-5-15/h1-5,16-18,21-22H,6-14H2/t16-,17?,18+/m0/s1. The number of carbonyl (C=O) groups is 2. The van der Waals surface area contributed by atoms with Crippen LogP contribution in [0.4, 0.5) is 0 Å². The number of hydrogen-bond donors (Lipinski definition) is 2. The second-order valence-electron chi connectivity index (χ2n) is 7.67. The fourth-order valence-corrected chi connectivity index (χ4v) is 4.63. The largest absolute Gasteiger partial charge is 0.341 e. The molecule has 2 N–H and O–H groups in total. The zero-order chi connectivity index (χ0) is 17.9. The molecule has 3 heterocycles. The number of likely N-dealkylation sites (tertiary alicyclic amines) is 2. The highest BCUT2D eigenvalue weighted by Crippen LogP contribution is 2.31. The molecule has 3 atom stereocenters. The molecule has 0 aliphatic carbocycles. The zero-order valence-corrected chi connectivity index (χ0v) is 15.2. The molecule has 0 spiro atoms. The predicted octanol–water partition coefficient (Wildman–Crippen LogP) is 0.935. The van der Waals surface area contributed by atoms with Crippen LogP contribution < -0.4 is 10.9 Å². The molecule has 0 bridgehead atoms. The van der Waals surface area contributed by atoms with Crippen molar-refractivity contribution in [3.05, 3.63) is 35.9 Å². The Morgan fingerprint density at radius 3 is 2.77 bits per heavy atom. The van der Waals surface area contributed by atoms with Gasteiger partial charge in [-0.3, -0.25) is 15.0 Å². The third-order valence-corrected chi connectivity index (χ3v) is 6.07. The van der Waals surface area contributed by atoms with Gasteiger partial charge in [-0.25, -0.2) is 5.43 Å². The van der Waals surface area contributed by atoms with Gasteiger partial charge in [0.25, 0.3) is 0 Å². The minimum Gasteiger partial charge on any atom is -0.341 e. The first-order valence-electron chi connectivity index (χ1n) is 9.83. The summed E-state index contributed by atoms with van der Waals surface area (Å²) >= 11 is 0. The highest BCUT2D eigenvalue weighted by Gasteiger charge is 2.41. The molecule has 140 valence electrons. The summed E-state index contributed by atoms with van der Waals surface area (Å²) in [5.41, 5.74) is 7.39. The fourth-order valence-electron chi connectivity index (χ4n) is 4.63. The Labute approximate surface area is 154 Å². The van der Waals surface area contributed by atoms with Crippen molar-refractivity contribution in [2.75, 3.05) is 26.2 Å². The lowest BCUT2D eigenvalue weighted by Crippen LogP contribution is -2.59. The van der Waals surface area contributed by atoms with E-state index >= 15 is 0 Å². The molecule has 0 radical (unpaired) electrons. The average molecular weight is 356 g/mol. The van der Waals surface area contributed by atoms with Gasteiger partial charge in [-0.05, 0) is 37.2 Å². The number of fused-ring (bicyclic) bond motifs is 1. The van der Waals surface area contributed by atoms with E-state index in [1.165, 1.54) is 5.56 Å². The summed E-state index contributed by atoms with van der Waals surface area (Å²) in [6.45, 7) is 3.17. The number of benzene rings is 1. The number of hydrazine groups is 1. The van der Waals surface area contributed by atoms with E-state index in [-0.39, 0.29) is 17.9 Å². The molecule has 3 aliphatic rings.